The van der Waals surface area contributed by atoms with E-state index in [2.05, 4.69) is 18.7 Å². The smallest absolute Gasteiger partial charge is 0.161 e. The molecule has 1 aromatic rings. The number of rotatable bonds is 9. The third kappa shape index (κ3) is 7.07. The van der Waals surface area contributed by atoms with E-state index in [1.165, 1.54) is 0 Å². The third-order valence-corrected chi connectivity index (χ3v) is 3.72. The number of aliphatic hydroxyl groups excluding tert-OH is 1. The molecule has 24 heavy (non-hydrogen) atoms. The molecule has 1 rings (SSSR count). The van der Waals surface area contributed by atoms with Crippen molar-refractivity contribution < 1.29 is 19.3 Å². The number of hydrogen-bond donors (Lipinski definition) is 1. The molecule has 0 fully saturated rings. The SMILES string of the molecule is COc1ccc(CN(C[C@@H](O)COC(C)(C)C)C(C)C)cc1OC. The topological polar surface area (TPSA) is 51.2 Å². The fourth-order valence-corrected chi connectivity index (χ4v) is 2.34. The lowest BCUT2D eigenvalue weighted by Crippen LogP contribution is -2.40. The highest BCUT2D eigenvalue weighted by Gasteiger charge is 2.19. The summed E-state index contributed by atoms with van der Waals surface area (Å²) in [4.78, 5) is 2.22. The van der Waals surface area contributed by atoms with E-state index in [0.29, 0.717) is 19.2 Å². The molecule has 138 valence electrons. The second kappa shape index (κ2) is 9.25. The highest BCUT2D eigenvalue weighted by molar-refractivity contribution is 5.42. The third-order valence-electron chi connectivity index (χ3n) is 3.72. The van der Waals surface area contributed by atoms with Crippen LogP contribution in [0.25, 0.3) is 0 Å². The van der Waals surface area contributed by atoms with Gasteiger partial charge in [-0.15, -0.1) is 0 Å². The molecule has 0 aliphatic heterocycles. The van der Waals surface area contributed by atoms with E-state index in [4.69, 9.17) is 14.2 Å². The fraction of sp³-hybridized carbons (Fsp3) is 0.684. The molecule has 0 heterocycles. The average Bonchev–Trinajstić information content (AvgIpc) is 2.51. The minimum Gasteiger partial charge on any atom is -0.493 e. The van der Waals surface area contributed by atoms with Crippen molar-refractivity contribution >= 4 is 0 Å². The molecule has 1 atom stereocenters. The minimum absolute atomic E-state index is 0.243. The first kappa shape index (κ1) is 20.7. The Morgan fingerprint density at radius 2 is 1.71 bits per heavy atom. The van der Waals surface area contributed by atoms with Crippen molar-refractivity contribution in [3.05, 3.63) is 23.8 Å². The average molecular weight is 339 g/mol. The van der Waals surface area contributed by atoms with E-state index >= 15 is 0 Å². The van der Waals surface area contributed by atoms with Crippen molar-refractivity contribution in [2.75, 3.05) is 27.4 Å². The van der Waals surface area contributed by atoms with Crippen LogP contribution in [0.4, 0.5) is 0 Å². The first-order valence-electron chi connectivity index (χ1n) is 8.43. The first-order chi connectivity index (χ1) is 11.2. The van der Waals surface area contributed by atoms with Gasteiger partial charge in [0.2, 0.25) is 0 Å². The van der Waals surface area contributed by atoms with Gasteiger partial charge in [-0.3, -0.25) is 4.90 Å². The molecule has 0 saturated carbocycles. The molecular weight excluding hydrogens is 306 g/mol. The van der Waals surface area contributed by atoms with Crippen LogP contribution in [-0.4, -0.2) is 55.1 Å². The predicted molar refractivity (Wildman–Crippen MR) is 96.8 cm³/mol. The zero-order chi connectivity index (χ0) is 18.3. The van der Waals surface area contributed by atoms with E-state index in [1.807, 2.05) is 39.0 Å². The van der Waals surface area contributed by atoms with E-state index < -0.39 is 6.10 Å². The van der Waals surface area contributed by atoms with Gasteiger partial charge >= 0.3 is 0 Å². The lowest BCUT2D eigenvalue weighted by molar-refractivity contribution is -0.0587. The van der Waals surface area contributed by atoms with Gasteiger partial charge in [-0.05, 0) is 52.3 Å². The molecule has 0 unspecified atom stereocenters. The summed E-state index contributed by atoms with van der Waals surface area (Å²) in [7, 11) is 3.26. The number of methoxy groups -OCH3 is 2. The standard InChI is InChI=1S/C19H33NO4/c1-14(2)20(12-16(21)13-24-19(3,4)5)11-15-8-9-17(22-6)18(10-15)23-7/h8-10,14,16,21H,11-13H2,1-7H3/t16-/m1/s1. The first-order valence-corrected chi connectivity index (χ1v) is 8.43. The van der Waals surface area contributed by atoms with Gasteiger partial charge in [0.1, 0.15) is 0 Å². The Morgan fingerprint density at radius 3 is 2.21 bits per heavy atom. The lowest BCUT2D eigenvalue weighted by Gasteiger charge is -2.30. The van der Waals surface area contributed by atoms with E-state index in [9.17, 15) is 5.11 Å². The van der Waals surface area contributed by atoms with Gasteiger partial charge in [0.25, 0.3) is 0 Å². The number of aliphatic hydroxyl groups is 1. The van der Waals surface area contributed by atoms with E-state index in [1.54, 1.807) is 14.2 Å². The zero-order valence-corrected chi connectivity index (χ0v) is 16.1. The Kier molecular flexibility index (Phi) is 8.00. The van der Waals surface area contributed by atoms with Gasteiger partial charge in [-0.1, -0.05) is 6.07 Å². The molecule has 0 aliphatic rings. The summed E-state index contributed by atoms with van der Waals surface area (Å²) in [5, 5.41) is 10.3. The number of ether oxygens (including phenoxy) is 3. The summed E-state index contributed by atoms with van der Waals surface area (Å²) in [6.07, 6.45) is -0.522. The molecule has 0 spiro atoms. The second-order valence-corrected chi connectivity index (χ2v) is 7.29. The van der Waals surface area contributed by atoms with E-state index in [0.717, 1.165) is 23.6 Å². The van der Waals surface area contributed by atoms with Crippen LogP contribution < -0.4 is 9.47 Å². The maximum atomic E-state index is 10.3. The van der Waals surface area contributed by atoms with Crippen LogP contribution in [0.3, 0.4) is 0 Å². The highest BCUT2D eigenvalue weighted by Crippen LogP contribution is 2.28. The number of hydrogen-bond acceptors (Lipinski definition) is 5. The normalized spacial score (nSPS) is 13.4. The molecule has 0 aromatic heterocycles. The molecule has 0 bridgehead atoms. The Bertz CT molecular complexity index is 497. The molecule has 0 saturated heterocycles. The largest absolute Gasteiger partial charge is 0.493 e. The maximum absolute atomic E-state index is 10.3. The van der Waals surface area contributed by atoms with Gasteiger partial charge < -0.3 is 19.3 Å². The summed E-state index contributed by atoms with van der Waals surface area (Å²) in [6, 6.07) is 6.22. The van der Waals surface area contributed by atoms with Crippen molar-refractivity contribution in [3.63, 3.8) is 0 Å². The molecule has 0 aliphatic carbocycles. The molecule has 1 N–H and O–H groups in total. The quantitative estimate of drug-likeness (QED) is 0.749. The lowest BCUT2D eigenvalue weighted by atomic mass is 10.1. The van der Waals surface area contributed by atoms with Gasteiger partial charge in [-0.2, -0.15) is 0 Å². The Morgan fingerprint density at radius 1 is 1.08 bits per heavy atom. The van der Waals surface area contributed by atoms with Crippen LogP contribution in [0.15, 0.2) is 18.2 Å². The van der Waals surface area contributed by atoms with Crippen molar-refractivity contribution in [1.29, 1.82) is 0 Å². The summed E-state index contributed by atoms with van der Waals surface area (Å²) in [5.41, 5.74) is 0.873. The van der Waals surface area contributed by atoms with E-state index in [-0.39, 0.29) is 5.60 Å². The van der Waals surface area contributed by atoms with Crippen molar-refractivity contribution in [1.82, 2.24) is 4.90 Å². The van der Waals surface area contributed by atoms with Crippen molar-refractivity contribution in [2.24, 2.45) is 0 Å². The van der Waals surface area contributed by atoms with Crippen LogP contribution in [-0.2, 0) is 11.3 Å². The summed E-state index contributed by atoms with van der Waals surface area (Å²) < 4.78 is 16.3. The predicted octanol–water partition coefficient (Wildman–Crippen LogP) is 3.09. The molecule has 5 nitrogen and oxygen atoms in total. The van der Waals surface area contributed by atoms with Crippen molar-refractivity contribution in [2.45, 2.75) is 58.9 Å². The molecule has 0 radical (unpaired) electrons. The Labute approximate surface area is 146 Å². The second-order valence-electron chi connectivity index (χ2n) is 7.29. The van der Waals surface area contributed by atoms with Crippen LogP contribution >= 0.6 is 0 Å². The van der Waals surface area contributed by atoms with Crippen LogP contribution in [0, 0.1) is 0 Å². The zero-order valence-electron chi connectivity index (χ0n) is 16.1. The van der Waals surface area contributed by atoms with Crippen LogP contribution in [0.2, 0.25) is 0 Å². The molecular formula is C19H33NO4. The molecule has 0 amide bonds. The van der Waals surface area contributed by atoms with Gasteiger partial charge in [0.15, 0.2) is 11.5 Å². The van der Waals surface area contributed by atoms with Crippen molar-refractivity contribution in [3.8, 4) is 11.5 Å². The summed E-state index contributed by atoms with van der Waals surface area (Å²) in [6.45, 7) is 11.8. The minimum atomic E-state index is -0.522. The number of nitrogens with zero attached hydrogens (tertiary/aromatic N) is 1. The van der Waals surface area contributed by atoms with Gasteiger partial charge in [0.05, 0.1) is 32.5 Å². The number of benzene rings is 1. The highest BCUT2D eigenvalue weighted by atomic mass is 16.5. The summed E-state index contributed by atoms with van der Waals surface area (Å²) >= 11 is 0. The Hall–Kier alpha value is -1.30. The maximum Gasteiger partial charge on any atom is 0.161 e. The van der Waals surface area contributed by atoms with Gasteiger partial charge in [-0.25, -0.2) is 0 Å². The Balaban J connectivity index is 2.72. The van der Waals surface area contributed by atoms with Gasteiger partial charge in [0, 0.05) is 19.1 Å². The molecule has 1 aromatic carbocycles. The monoisotopic (exact) mass is 339 g/mol. The van der Waals surface area contributed by atoms with Crippen LogP contribution in [0.1, 0.15) is 40.2 Å². The van der Waals surface area contributed by atoms with Crippen LogP contribution in [0.5, 0.6) is 11.5 Å². The summed E-state index contributed by atoms with van der Waals surface area (Å²) in [5.74, 6) is 1.44. The fourth-order valence-electron chi connectivity index (χ4n) is 2.34. The molecule has 5 heteroatoms.